The number of hydrogen-bond acceptors (Lipinski definition) is 4. The van der Waals surface area contributed by atoms with Crippen molar-refractivity contribution in [2.75, 3.05) is 0 Å². The topological polar surface area (TPSA) is 114 Å². The first-order valence-corrected chi connectivity index (χ1v) is 8.51. The van der Waals surface area contributed by atoms with Crippen molar-refractivity contribution in [2.24, 2.45) is 10.2 Å². The fraction of sp³-hybridized carbons (Fsp3) is 0. The highest BCUT2D eigenvalue weighted by Crippen LogP contribution is 2.16. The Morgan fingerprint density at radius 1 is 0.714 bits per heavy atom. The SMILES string of the molecule is O=C(N/N=C/c1c[nH]c2ccccc12)C(=O)N/N=C/c1c[nH]c2ccccc12. The number of hydrogen-bond donors (Lipinski definition) is 4. The van der Waals surface area contributed by atoms with Crippen LogP contribution in [0.3, 0.4) is 0 Å². The van der Waals surface area contributed by atoms with E-state index in [-0.39, 0.29) is 0 Å². The molecule has 0 fully saturated rings. The van der Waals surface area contributed by atoms with Crippen LogP contribution in [0.15, 0.2) is 71.1 Å². The van der Waals surface area contributed by atoms with E-state index in [1.807, 2.05) is 48.5 Å². The van der Waals surface area contributed by atoms with Gasteiger partial charge in [0.15, 0.2) is 0 Å². The zero-order chi connectivity index (χ0) is 19.3. The molecule has 0 spiro atoms. The Kier molecular flexibility index (Phi) is 4.67. The number of aromatic nitrogens is 2. The van der Waals surface area contributed by atoms with Crippen molar-refractivity contribution in [3.63, 3.8) is 0 Å². The van der Waals surface area contributed by atoms with Crippen molar-refractivity contribution in [3.05, 3.63) is 72.1 Å². The highest BCUT2D eigenvalue weighted by Gasteiger charge is 2.11. The number of aromatic amines is 2. The highest BCUT2D eigenvalue weighted by atomic mass is 16.2. The second kappa shape index (κ2) is 7.58. The summed E-state index contributed by atoms with van der Waals surface area (Å²) in [5.74, 6) is -1.82. The third kappa shape index (κ3) is 3.51. The molecule has 8 heteroatoms. The van der Waals surface area contributed by atoms with Crippen LogP contribution in [0.2, 0.25) is 0 Å². The van der Waals surface area contributed by atoms with Crippen LogP contribution in [0.25, 0.3) is 21.8 Å². The number of benzene rings is 2. The fourth-order valence-electron chi connectivity index (χ4n) is 2.82. The highest BCUT2D eigenvalue weighted by molar-refractivity contribution is 6.35. The maximum absolute atomic E-state index is 11.8. The molecule has 2 aromatic carbocycles. The minimum atomic E-state index is -0.910. The first-order valence-electron chi connectivity index (χ1n) is 8.51. The van der Waals surface area contributed by atoms with Crippen molar-refractivity contribution in [1.29, 1.82) is 0 Å². The van der Waals surface area contributed by atoms with Crippen molar-refractivity contribution < 1.29 is 9.59 Å². The molecule has 138 valence electrons. The van der Waals surface area contributed by atoms with Crippen LogP contribution in [-0.4, -0.2) is 34.2 Å². The van der Waals surface area contributed by atoms with Gasteiger partial charge in [0.1, 0.15) is 0 Å². The lowest BCUT2D eigenvalue weighted by molar-refractivity contribution is -0.139. The van der Waals surface area contributed by atoms with Gasteiger partial charge in [-0.1, -0.05) is 36.4 Å². The molecule has 4 aromatic rings. The van der Waals surface area contributed by atoms with Crippen molar-refractivity contribution in [2.45, 2.75) is 0 Å². The van der Waals surface area contributed by atoms with Crippen LogP contribution in [0, 0.1) is 0 Å². The number of H-pyrrole nitrogens is 2. The third-order valence-corrected chi connectivity index (χ3v) is 4.19. The zero-order valence-electron chi connectivity index (χ0n) is 14.6. The van der Waals surface area contributed by atoms with Gasteiger partial charge in [-0.15, -0.1) is 0 Å². The smallest absolute Gasteiger partial charge is 0.331 e. The molecule has 0 bridgehead atoms. The fourth-order valence-corrected chi connectivity index (χ4v) is 2.82. The molecule has 2 heterocycles. The first kappa shape index (κ1) is 17.2. The molecule has 0 unspecified atom stereocenters. The third-order valence-electron chi connectivity index (χ3n) is 4.19. The molecule has 0 saturated heterocycles. The summed E-state index contributed by atoms with van der Waals surface area (Å²) in [7, 11) is 0. The van der Waals surface area contributed by atoms with Gasteiger partial charge in [0.05, 0.1) is 12.4 Å². The molecule has 0 saturated carbocycles. The Balaban J connectivity index is 1.34. The Labute approximate surface area is 159 Å². The van der Waals surface area contributed by atoms with Crippen LogP contribution in [0.4, 0.5) is 0 Å². The van der Waals surface area contributed by atoms with Gasteiger partial charge in [0.2, 0.25) is 0 Å². The number of para-hydroxylation sites is 2. The summed E-state index contributed by atoms with van der Waals surface area (Å²) in [6, 6.07) is 15.4. The van der Waals surface area contributed by atoms with Crippen molar-refractivity contribution >= 4 is 46.0 Å². The molecule has 0 aliphatic carbocycles. The summed E-state index contributed by atoms with van der Waals surface area (Å²) in [6.07, 6.45) is 6.48. The summed E-state index contributed by atoms with van der Waals surface area (Å²) in [6.45, 7) is 0. The van der Waals surface area contributed by atoms with Gasteiger partial charge < -0.3 is 9.97 Å². The number of carbonyl (C=O) groups is 2. The van der Waals surface area contributed by atoms with Gasteiger partial charge >= 0.3 is 11.8 Å². The maximum Gasteiger partial charge on any atom is 0.331 e. The standard InChI is InChI=1S/C20H16N6O2/c27-19(25-23-11-13-9-21-17-7-3-1-5-15(13)17)20(28)26-24-12-14-10-22-18-8-4-2-6-16(14)18/h1-12,21-22H,(H,25,27)(H,26,28)/b23-11+,24-12+. The molecule has 28 heavy (non-hydrogen) atoms. The Morgan fingerprint density at radius 3 is 1.61 bits per heavy atom. The van der Waals surface area contributed by atoms with E-state index >= 15 is 0 Å². The van der Waals surface area contributed by atoms with Gasteiger partial charge in [-0.25, -0.2) is 10.9 Å². The van der Waals surface area contributed by atoms with E-state index < -0.39 is 11.8 Å². The van der Waals surface area contributed by atoms with E-state index in [1.54, 1.807) is 12.4 Å². The van der Waals surface area contributed by atoms with Crippen molar-refractivity contribution in [3.8, 4) is 0 Å². The normalized spacial score (nSPS) is 11.6. The maximum atomic E-state index is 11.8. The molecule has 4 N–H and O–H groups in total. The molecule has 2 aromatic heterocycles. The van der Waals surface area contributed by atoms with E-state index in [0.29, 0.717) is 0 Å². The molecule has 8 nitrogen and oxygen atoms in total. The van der Waals surface area contributed by atoms with Crippen LogP contribution in [0.1, 0.15) is 11.1 Å². The number of fused-ring (bicyclic) bond motifs is 2. The quantitative estimate of drug-likeness (QED) is 0.250. The average Bonchev–Trinajstić information content (AvgIpc) is 3.32. The predicted octanol–water partition coefficient (Wildman–Crippen LogP) is 2.25. The van der Waals surface area contributed by atoms with Gasteiger partial charge in [-0.05, 0) is 12.1 Å². The van der Waals surface area contributed by atoms with Crippen LogP contribution >= 0.6 is 0 Å². The largest absolute Gasteiger partial charge is 0.361 e. The molecule has 4 rings (SSSR count). The van der Waals surface area contributed by atoms with Crippen LogP contribution in [0.5, 0.6) is 0 Å². The van der Waals surface area contributed by atoms with E-state index in [1.165, 1.54) is 12.4 Å². The molecule has 0 aliphatic rings. The lowest BCUT2D eigenvalue weighted by atomic mass is 10.2. The first-order chi connectivity index (χ1) is 13.7. The number of rotatable bonds is 4. The zero-order valence-corrected chi connectivity index (χ0v) is 14.6. The molecular formula is C20H16N6O2. The van der Waals surface area contributed by atoms with Gasteiger partial charge in [0.25, 0.3) is 0 Å². The number of nitrogens with one attached hydrogen (secondary N) is 4. The Morgan fingerprint density at radius 2 is 1.14 bits per heavy atom. The molecule has 0 aliphatic heterocycles. The van der Waals surface area contributed by atoms with E-state index in [0.717, 1.165) is 32.9 Å². The lowest BCUT2D eigenvalue weighted by Gasteiger charge is -1.98. The van der Waals surface area contributed by atoms with Crippen LogP contribution < -0.4 is 10.9 Å². The summed E-state index contributed by atoms with van der Waals surface area (Å²) >= 11 is 0. The minimum Gasteiger partial charge on any atom is -0.361 e. The van der Waals surface area contributed by atoms with E-state index in [9.17, 15) is 9.59 Å². The van der Waals surface area contributed by atoms with E-state index in [4.69, 9.17) is 0 Å². The number of hydrazone groups is 2. The summed E-state index contributed by atoms with van der Waals surface area (Å²) < 4.78 is 0. The second-order valence-electron chi connectivity index (χ2n) is 5.98. The minimum absolute atomic E-state index is 0.800. The molecule has 2 amide bonds. The van der Waals surface area contributed by atoms with Gasteiger partial charge in [-0.2, -0.15) is 10.2 Å². The summed E-state index contributed by atoms with van der Waals surface area (Å²) in [5.41, 5.74) is 7.88. The molecule has 0 atom stereocenters. The van der Waals surface area contributed by atoms with Gasteiger partial charge in [0, 0.05) is 45.3 Å². The predicted molar refractivity (Wildman–Crippen MR) is 108 cm³/mol. The van der Waals surface area contributed by atoms with Crippen molar-refractivity contribution in [1.82, 2.24) is 20.8 Å². The summed E-state index contributed by atoms with van der Waals surface area (Å²) in [5, 5.41) is 9.58. The monoisotopic (exact) mass is 372 g/mol. The summed E-state index contributed by atoms with van der Waals surface area (Å²) in [4.78, 5) is 29.8. The number of nitrogens with zero attached hydrogens (tertiary/aromatic N) is 2. The van der Waals surface area contributed by atoms with E-state index in [2.05, 4.69) is 31.0 Å². The number of amides is 2. The van der Waals surface area contributed by atoms with Gasteiger partial charge in [-0.3, -0.25) is 9.59 Å². The Hall–Kier alpha value is -4.20. The Bertz CT molecular complexity index is 1120. The molecular weight excluding hydrogens is 356 g/mol. The average molecular weight is 372 g/mol. The molecule has 0 radical (unpaired) electrons. The lowest BCUT2D eigenvalue weighted by Crippen LogP contribution is -2.35. The second-order valence-corrected chi connectivity index (χ2v) is 5.98. The number of carbonyl (C=O) groups excluding carboxylic acids is 2. The van der Waals surface area contributed by atoms with Crippen LogP contribution in [-0.2, 0) is 9.59 Å².